The summed E-state index contributed by atoms with van der Waals surface area (Å²) in [5.74, 6) is -1.24. The van der Waals surface area contributed by atoms with Gasteiger partial charge in [-0.1, -0.05) is 6.07 Å². The van der Waals surface area contributed by atoms with Gasteiger partial charge in [0.15, 0.2) is 5.03 Å². The summed E-state index contributed by atoms with van der Waals surface area (Å²) in [5, 5.41) is 10.8. The van der Waals surface area contributed by atoms with E-state index in [0.29, 0.717) is 39.9 Å². The maximum atomic E-state index is 14.7. The molecule has 12 nitrogen and oxygen atoms in total. The number of fused-ring (bicyclic) bond motifs is 2. The molecular formula is C28H26FN9O3S. The number of carbonyl (C=O) groups is 1. The highest BCUT2D eigenvalue weighted by Gasteiger charge is 2.26. The minimum Gasteiger partial charge on any atom is -0.355 e. The van der Waals surface area contributed by atoms with Crippen molar-refractivity contribution >= 4 is 32.6 Å². The van der Waals surface area contributed by atoms with E-state index < -0.39 is 21.7 Å². The van der Waals surface area contributed by atoms with Crippen LogP contribution in [0.5, 0.6) is 0 Å². The van der Waals surface area contributed by atoms with Gasteiger partial charge in [0.1, 0.15) is 22.5 Å². The van der Waals surface area contributed by atoms with E-state index in [-0.39, 0.29) is 10.6 Å². The third-order valence-electron chi connectivity index (χ3n) is 6.87. The Morgan fingerprint density at radius 2 is 1.74 bits per heavy atom. The first-order valence-electron chi connectivity index (χ1n) is 12.9. The molecule has 214 valence electrons. The van der Waals surface area contributed by atoms with Crippen molar-refractivity contribution in [1.82, 2.24) is 43.6 Å². The normalized spacial score (nSPS) is 12.0. The smallest absolute Gasteiger partial charge is 0.301 e. The summed E-state index contributed by atoms with van der Waals surface area (Å²) in [6, 6.07) is 9.25. The zero-order valence-electron chi connectivity index (χ0n) is 22.9. The lowest BCUT2D eigenvalue weighted by molar-refractivity contribution is 0.0959. The molecule has 6 aromatic rings. The van der Waals surface area contributed by atoms with Gasteiger partial charge in [0.2, 0.25) is 0 Å². The van der Waals surface area contributed by atoms with Gasteiger partial charge in [0.25, 0.3) is 5.91 Å². The molecular weight excluding hydrogens is 561 g/mol. The molecule has 0 aliphatic heterocycles. The van der Waals surface area contributed by atoms with E-state index in [1.165, 1.54) is 36.0 Å². The van der Waals surface area contributed by atoms with E-state index in [0.717, 1.165) is 16.2 Å². The molecule has 0 atom stereocenters. The van der Waals surface area contributed by atoms with Crippen LogP contribution in [0.1, 0.15) is 10.4 Å². The molecule has 0 saturated carbocycles. The number of benzene rings is 1. The summed E-state index contributed by atoms with van der Waals surface area (Å²) in [7, 11) is 1.16. The fourth-order valence-corrected chi connectivity index (χ4v) is 5.93. The lowest BCUT2D eigenvalue weighted by Crippen LogP contribution is -2.19. The van der Waals surface area contributed by atoms with Crippen LogP contribution in [-0.4, -0.2) is 80.2 Å². The first-order valence-corrected chi connectivity index (χ1v) is 14.4. The Bertz CT molecular complexity index is 2080. The van der Waals surface area contributed by atoms with E-state index >= 15 is 0 Å². The minimum atomic E-state index is -4.23. The van der Waals surface area contributed by atoms with Crippen LogP contribution in [-0.2, 0) is 16.6 Å². The van der Waals surface area contributed by atoms with Crippen LogP contribution in [0.15, 0.2) is 78.6 Å². The van der Waals surface area contributed by atoms with Crippen LogP contribution >= 0.6 is 0 Å². The van der Waals surface area contributed by atoms with Gasteiger partial charge >= 0.3 is 10.0 Å². The highest BCUT2D eigenvalue weighted by molar-refractivity contribution is 7.90. The van der Waals surface area contributed by atoms with Crippen LogP contribution in [0.3, 0.4) is 0 Å². The zero-order valence-corrected chi connectivity index (χ0v) is 23.7. The highest BCUT2D eigenvalue weighted by Crippen LogP contribution is 2.27. The van der Waals surface area contributed by atoms with Crippen LogP contribution in [0.4, 0.5) is 4.39 Å². The number of aromatic nitrogens is 7. The maximum absolute atomic E-state index is 14.7. The van der Waals surface area contributed by atoms with Crippen molar-refractivity contribution in [3.63, 3.8) is 0 Å². The van der Waals surface area contributed by atoms with E-state index in [1.54, 1.807) is 42.9 Å². The van der Waals surface area contributed by atoms with Crippen molar-refractivity contribution in [2.24, 2.45) is 0 Å². The van der Waals surface area contributed by atoms with Gasteiger partial charge in [-0.3, -0.25) is 18.9 Å². The number of nitrogens with zero attached hydrogens (tertiary/aromatic N) is 8. The second-order valence-electron chi connectivity index (χ2n) is 9.93. The second kappa shape index (κ2) is 10.5. The molecule has 6 rings (SSSR count). The Labute approximate surface area is 240 Å². The molecule has 0 aliphatic rings. The van der Waals surface area contributed by atoms with Crippen LogP contribution < -0.4 is 5.32 Å². The van der Waals surface area contributed by atoms with Crippen LogP contribution in [0.2, 0.25) is 0 Å². The Balaban J connectivity index is 1.38. The first kappa shape index (κ1) is 27.2. The SMILES string of the molecule is CNC(=O)c1ccc(-c2ccc3ncc(S(=O)(=O)n4ncc5ncc(-c6cnn(CCN(C)C)c6)cc54)n3c2)cc1F. The predicted molar refractivity (Wildman–Crippen MR) is 154 cm³/mol. The van der Waals surface area contributed by atoms with E-state index in [1.807, 2.05) is 25.0 Å². The number of hydrogen-bond acceptors (Lipinski definition) is 8. The number of rotatable bonds is 8. The monoisotopic (exact) mass is 587 g/mol. The minimum absolute atomic E-state index is 0.0901. The number of pyridine rings is 2. The van der Waals surface area contributed by atoms with Gasteiger partial charge in [-0.15, -0.1) is 0 Å². The predicted octanol–water partition coefficient (Wildman–Crippen LogP) is 2.91. The van der Waals surface area contributed by atoms with Crippen LogP contribution in [0.25, 0.3) is 38.9 Å². The van der Waals surface area contributed by atoms with Crippen molar-refractivity contribution in [3.05, 3.63) is 85.0 Å². The molecule has 1 amide bonds. The van der Waals surface area contributed by atoms with Gasteiger partial charge in [0.05, 0.1) is 30.7 Å². The van der Waals surface area contributed by atoms with Crippen LogP contribution in [0, 0.1) is 5.82 Å². The molecule has 5 heterocycles. The van der Waals surface area contributed by atoms with Gasteiger partial charge in [-0.2, -0.15) is 22.7 Å². The summed E-state index contributed by atoms with van der Waals surface area (Å²) in [6.07, 6.45) is 9.46. The average molecular weight is 588 g/mol. The third kappa shape index (κ3) is 4.80. The summed E-state index contributed by atoms with van der Waals surface area (Å²) < 4.78 is 46.7. The Hall–Kier alpha value is -4.95. The van der Waals surface area contributed by atoms with Gasteiger partial charge in [0, 0.05) is 43.3 Å². The molecule has 0 aliphatic carbocycles. The summed E-state index contributed by atoms with van der Waals surface area (Å²) in [5.41, 5.74) is 3.46. The number of carbonyl (C=O) groups excluding carboxylic acids is 1. The molecule has 1 N–H and O–H groups in total. The van der Waals surface area contributed by atoms with Gasteiger partial charge in [-0.05, 0) is 55.6 Å². The quantitative estimate of drug-likeness (QED) is 0.288. The number of nitrogens with one attached hydrogen (secondary N) is 1. The number of likely N-dealkylation sites (N-methyl/N-ethyl adjacent to an activating group) is 1. The topological polar surface area (TPSA) is 132 Å². The van der Waals surface area contributed by atoms with E-state index in [2.05, 4.69) is 30.4 Å². The molecule has 0 unspecified atom stereocenters. The molecule has 42 heavy (non-hydrogen) atoms. The highest BCUT2D eigenvalue weighted by atomic mass is 32.2. The van der Waals surface area contributed by atoms with Crippen molar-refractivity contribution in [3.8, 4) is 22.3 Å². The van der Waals surface area contributed by atoms with Gasteiger partial charge in [-0.25, -0.2) is 9.37 Å². The van der Waals surface area contributed by atoms with Crippen molar-refractivity contribution < 1.29 is 17.6 Å². The fourth-order valence-electron chi connectivity index (χ4n) is 4.59. The summed E-state index contributed by atoms with van der Waals surface area (Å²) in [6.45, 7) is 1.52. The molecule has 0 radical (unpaired) electrons. The molecule has 0 bridgehead atoms. The summed E-state index contributed by atoms with van der Waals surface area (Å²) >= 11 is 0. The fraction of sp³-hybridized carbons (Fsp3) is 0.179. The Morgan fingerprint density at radius 1 is 0.929 bits per heavy atom. The molecule has 0 spiro atoms. The Kier molecular flexibility index (Phi) is 6.79. The zero-order chi connectivity index (χ0) is 29.6. The van der Waals surface area contributed by atoms with E-state index in [9.17, 15) is 17.6 Å². The lowest BCUT2D eigenvalue weighted by Gasteiger charge is -2.09. The second-order valence-corrected chi connectivity index (χ2v) is 11.6. The van der Waals surface area contributed by atoms with Crippen molar-refractivity contribution in [2.45, 2.75) is 11.6 Å². The lowest BCUT2D eigenvalue weighted by atomic mass is 10.0. The summed E-state index contributed by atoms with van der Waals surface area (Å²) in [4.78, 5) is 22.6. The molecule has 14 heteroatoms. The van der Waals surface area contributed by atoms with E-state index in [4.69, 9.17) is 0 Å². The standard InChI is InChI=1S/C28H26FN9O3S/c1-30-28(39)22-6-4-18(10-23(22)29)19-5-7-26-32-15-27(37(26)17-19)42(40,41)38-25-11-20(12-31-24(25)14-34-38)21-13-33-36(16-21)9-8-35(2)3/h4-7,10-17H,8-9H2,1-3H3,(H,30,39). The van der Waals surface area contributed by atoms with Gasteiger partial charge < -0.3 is 10.2 Å². The number of amides is 1. The molecule has 0 saturated heterocycles. The molecule has 5 aromatic heterocycles. The molecule has 0 fully saturated rings. The number of halogens is 1. The number of hydrogen-bond donors (Lipinski definition) is 1. The molecule has 1 aromatic carbocycles. The van der Waals surface area contributed by atoms with Crippen molar-refractivity contribution in [2.75, 3.05) is 27.7 Å². The number of imidazole rings is 1. The largest absolute Gasteiger partial charge is 0.355 e. The third-order valence-corrected chi connectivity index (χ3v) is 8.45. The first-order chi connectivity index (χ1) is 20.2. The maximum Gasteiger partial charge on any atom is 0.301 e. The Morgan fingerprint density at radius 3 is 2.50 bits per heavy atom. The van der Waals surface area contributed by atoms with Crippen molar-refractivity contribution in [1.29, 1.82) is 0 Å². The average Bonchev–Trinajstić information content (AvgIpc) is 3.73.